The molecule has 0 aromatic rings. The average molecular weight is 677 g/mol. The molecule has 220 valence electrons. The topological polar surface area (TPSA) is 306 Å². The van der Waals surface area contributed by atoms with Gasteiger partial charge in [-0.3, -0.25) is 0 Å². The molecule has 2 fully saturated rings. The number of aliphatic hydroxyl groups is 10. The van der Waals surface area contributed by atoms with E-state index in [1.807, 2.05) is 0 Å². The van der Waals surface area contributed by atoms with Gasteiger partial charge in [-0.15, -0.1) is 0 Å². The fraction of sp³-hybridized carbons (Fsp3) is 0.889. The largest absolute Gasteiger partial charge is 2.00 e. The first-order chi connectivity index (χ1) is 16.8. The molecule has 12 unspecified atom stereocenters. The molecule has 0 radical (unpaired) electrons. The van der Waals surface area contributed by atoms with Gasteiger partial charge in [-0.1, -0.05) is 0 Å². The third kappa shape index (κ3) is 10.7. The Bertz CT molecular complexity index is 647. The molecule has 0 saturated carbocycles. The van der Waals surface area contributed by atoms with Gasteiger partial charge in [0.1, 0.15) is 60.3 Å². The molecule has 2 rings (SSSR count). The van der Waals surface area contributed by atoms with Crippen LogP contribution in [0.5, 0.6) is 0 Å². The molecule has 0 aliphatic carbocycles. The van der Waals surface area contributed by atoms with E-state index in [0.717, 1.165) is 0 Å². The van der Waals surface area contributed by atoms with Crippen LogP contribution >= 0.6 is 0 Å². The van der Waals surface area contributed by atoms with Crippen LogP contribution in [0.15, 0.2) is 0 Å². The summed E-state index contributed by atoms with van der Waals surface area (Å²) in [4.78, 5) is 21.6. The number of nitrogens with one attached hydrogen (secondary N) is 2. The zero-order chi connectivity index (χ0) is 27.7. The molecule has 2 heterocycles. The van der Waals surface area contributed by atoms with Gasteiger partial charge < -0.3 is 61.3 Å². The van der Waals surface area contributed by atoms with E-state index in [9.17, 15) is 40.2 Å². The molecule has 12 atom stereocenters. The van der Waals surface area contributed by atoms with Crippen molar-refractivity contribution in [1.82, 2.24) is 10.6 Å². The van der Waals surface area contributed by atoms with Crippen molar-refractivity contribution < 1.29 is 91.3 Å². The molecule has 0 aromatic heterocycles. The minimum Gasteiger partial charge on any atom is -0.563 e. The summed E-state index contributed by atoms with van der Waals surface area (Å²) in [5, 5.41) is 111. The van der Waals surface area contributed by atoms with Gasteiger partial charge in [-0.05, 0) is 23.5 Å². The molecule has 0 bridgehead atoms. The molecule has 0 spiro atoms. The first-order valence-corrected chi connectivity index (χ1v) is 13.1. The zero-order valence-corrected chi connectivity index (χ0v) is 22.6. The van der Waals surface area contributed by atoms with Crippen molar-refractivity contribution in [2.24, 2.45) is 0 Å². The zero-order valence-electron chi connectivity index (χ0n) is 19.3. The van der Waals surface area contributed by atoms with Crippen molar-refractivity contribution in [3.05, 3.63) is 0 Å². The summed E-state index contributed by atoms with van der Waals surface area (Å²) in [5.41, 5.74) is 0. The van der Waals surface area contributed by atoms with Crippen LogP contribution in [0.1, 0.15) is 0 Å². The summed E-state index contributed by atoms with van der Waals surface area (Å²) < 4.78 is 0. The van der Waals surface area contributed by atoms with E-state index in [-0.39, 0.29) is 20.4 Å². The summed E-state index contributed by atoms with van der Waals surface area (Å²) in [6, 6.07) is -1.39. The van der Waals surface area contributed by atoms with Gasteiger partial charge in [0.2, 0.25) is 12.1 Å². The number of hydrogen-bond donors (Lipinski definition) is 12. The maximum atomic E-state index is 10.8. The minimum absolute atomic E-state index is 0. The Morgan fingerprint density at radius 3 is 1.19 bits per heavy atom. The van der Waals surface area contributed by atoms with Crippen molar-refractivity contribution in [2.45, 2.75) is 71.7 Å². The normalized spacial score (nSPS) is 29.9. The van der Waals surface area contributed by atoms with Gasteiger partial charge >= 0.3 is 32.4 Å². The van der Waals surface area contributed by atoms with Crippen LogP contribution in [0.2, 0.25) is 0 Å². The number of carbonyl (C=O) groups is 2. The van der Waals surface area contributed by atoms with E-state index in [4.69, 9.17) is 30.6 Å². The van der Waals surface area contributed by atoms with E-state index < -0.39 is 96.8 Å². The van der Waals surface area contributed by atoms with E-state index in [2.05, 4.69) is 10.6 Å². The molecule has 2 aliphatic heterocycles. The molecule has 37 heavy (non-hydrogen) atoms. The van der Waals surface area contributed by atoms with Crippen molar-refractivity contribution in [1.29, 1.82) is 0 Å². The van der Waals surface area contributed by atoms with Crippen LogP contribution in [-0.4, -0.2) is 170 Å². The van der Waals surface area contributed by atoms with Crippen LogP contribution in [0.4, 0.5) is 0 Å². The number of aliphatic hydroxyl groups excluding tert-OH is 10. The Morgan fingerprint density at radius 2 is 0.973 bits per heavy atom. The van der Waals surface area contributed by atoms with E-state index >= 15 is 0 Å². The summed E-state index contributed by atoms with van der Waals surface area (Å²) in [6.45, 7) is -1.48. The number of carbonyl (C=O) groups excluding carboxylic acids is 2. The Hall–Kier alpha value is -0.178. The molecule has 19 heteroatoms. The molecule has 0 amide bonds. The molecule has 2 aliphatic rings. The summed E-state index contributed by atoms with van der Waals surface area (Å²) in [6.07, 6.45) is -12.6. The maximum Gasteiger partial charge on any atom is 2.00 e. The summed E-state index contributed by atoms with van der Waals surface area (Å²) >= 11 is 1.25. The van der Waals surface area contributed by atoms with E-state index in [1.54, 1.807) is 0 Å². The minimum atomic E-state index is -1.69. The number of hydrogen-bond acceptors (Lipinski definition) is 14. The Morgan fingerprint density at radius 1 is 0.676 bits per heavy atom. The quantitative estimate of drug-likeness (QED) is 0.0519. The number of thiol groups is 2. The van der Waals surface area contributed by atoms with Gasteiger partial charge in [-0.25, -0.2) is 10.6 Å². The van der Waals surface area contributed by atoms with Gasteiger partial charge in [0.25, 0.3) is 0 Å². The van der Waals surface area contributed by atoms with Crippen LogP contribution in [0.3, 0.4) is 0 Å². The molecule has 16 N–H and O–H groups in total. The second-order valence-electron chi connectivity index (χ2n) is 8.23. The molecule has 16 nitrogen and oxygen atoms in total. The Kier molecular flexibility index (Phi) is 17.4. The smallest absolute Gasteiger partial charge is 0.563 e. The second-order valence-corrected chi connectivity index (χ2v) is 10.8. The molecule has 0 aromatic carbocycles. The summed E-state index contributed by atoms with van der Waals surface area (Å²) in [7, 11) is 0. The third-order valence-electron chi connectivity index (χ3n) is 5.56. The van der Waals surface area contributed by atoms with Crippen LogP contribution in [-0.2, 0) is 53.5 Å². The monoisotopic (exact) mass is 676 g/mol. The average Bonchev–Trinajstić information content (AvgIpc) is 3.56. The van der Waals surface area contributed by atoms with Gasteiger partial charge in [-0.2, -0.15) is 0 Å². The standard InChI is InChI=1S/2C9H17NO7S.Pd/c2*11-1-4(12)5(13)6(14)7(15)8-10-3(2-18-8)9(16)17;/h2*3-8,10-15H,1-2H2,(H,16,17);/q;;+2/p+4. The summed E-state index contributed by atoms with van der Waals surface area (Å²) in [5.74, 6) is -0.921. The van der Waals surface area contributed by atoms with Crippen LogP contribution in [0.25, 0.3) is 0 Å². The van der Waals surface area contributed by atoms with Crippen LogP contribution < -0.4 is 10.6 Å². The molecule has 2 saturated heterocycles. The fourth-order valence-corrected chi connectivity index (χ4v) is 6.01. The van der Waals surface area contributed by atoms with Gasteiger partial charge in [0.15, 0.2) is 10.7 Å². The van der Waals surface area contributed by atoms with Gasteiger partial charge in [0.05, 0.1) is 13.2 Å². The SMILES string of the molecule is O=C([OH2+])C1C[SH+]C(C(O)C(O)C(O)C(O)CO)N1.O=C([OH2+])C1C[SH+]C(C(O)C(O)C(O)C(O)CO)N1.[Pd+2]. The Labute approximate surface area is 233 Å². The maximum absolute atomic E-state index is 10.8. The van der Waals surface area contributed by atoms with E-state index in [0.29, 0.717) is 35.0 Å². The van der Waals surface area contributed by atoms with Crippen molar-refractivity contribution in [2.75, 3.05) is 24.7 Å². The third-order valence-corrected chi connectivity index (χ3v) is 8.40. The first kappa shape index (κ1) is 36.8. The second kappa shape index (κ2) is 17.5. The predicted octanol–water partition coefficient (Wildman–Crippen LogP) is -10.4. The van der Waals surface area contributed by atoms with Crippen molar-refractivity contribution in [3.8, 4) is 0 Å². The molecular weight excluding hydrogens is 639 g/mol. The molecular formula is C18H38N2O14PdS2+6. The number of rotatable bonds is 12. The van der Waals surface area contributed by atoms with Crippen LogP contribution in [0, 0.1) is 0 Å². The van der Waals surface area contributed by atoms with Gasteiger partial charge in [0, 0.05) is 9.59 Å². The first-order valence-electron chi connectivity index (χ1n) is 10.8. The van der Waals surface area contributed by atoms with E-state index in [1.165, 1.54) is 0 Å². The van der Waals surface area contributed by atoms with Crippen molar-refractivity contribution >= 4 is 35.5 Å². The van der Waals surface area contributed by atoms with Crippen molar-refractivity contribution in [3.63, 3.8) is 0 Å². The fourth-order valence-electron chi connectivity index (χ4n) is 3.24. The Balaban J connectivity index is 0.000000682. The predicted molar refractivity (Wildman–Crippen MR) is 128 cm³/mol.